The number of likely N-dealkylation sites (tertiary alicyclic amines) is 1. The van der Waals surface area contributed by atoms with E-state index in [4.69, 9.17) is 5.11 Å². The summed E-state index contributed by atoms with van der Waals surface area (Å²) >= 11 is 0. The Bertz CT molecular complexity index is 647. The van der Waals surface area contributed by atoms with Crippen LogP contribution in [0.5, 0.6) is 0 Å². The summed E-state index contributed by atoms with van der Waals surface area (Å²) in [6.45, 7) is 1.85. The second kappa shape index (κ2) is 6.77. The molecule has 1 unspecified atom stereocenters. The number of aromatic carboxylic acids is 1. The van der Waals surface area contributed by atoms with Crippen LogP contribution in [-0.2, 0) is 4.79 Å². The van der Waals surface area contributed by atoms with Crippen LogP contribution in [0.1, 0.15) is 67.9 Å². The number of carbonyl (C=O) groups is 2. The highest BCUT2D eigenvalue weighted by Gasteiger charge is 2.41. The molecule has 25 heavy (non-hydrogen) atoms. The van der Waals surface area contributed by atoms with Crippen molar-refractivity contribution < 1.29 is 14.7 Å². The molecule has 1 aliphatic heterocycles. The van der Waals surface area contributed by atoms with Crippen molar-refractivity contribution in [2.45, 2.75) is 57.4 Å². The first kappa shape index (κ1) is 16.5. The molecule has 7 nitrogen and oxygen atoms in total. The molecule has 2 heterocycles. The molecular weight excluding hydrogens is 320 g/mol. The van der Waals surface area contributed by atoms with Gasteiger partial charge in [0.2, 0.25) is 5.91 Å². The van der Waals surface area contributed by atoms with E-state index in [2.05, 4.69) is 15.2 Å². The molecule has 7 heteroatoms. The molecule has 136 valence electrons. The third-order valence-corrected chi connectivity index (χ3v) is 6.42. The monoisotopic (exact) mass is 346 g/mol. The van der Waals surface area contributed by atoms with Crippen LogP contribution in [0.2, 0.25) is 0 Å². The van der Waals surface area contributed by atoms with Crippen LogP contribution >= 0.6 is 0 Å². The van der Waals surface area contributed by atoms with Crippen LogP contribution in [0.15, 0.2) is 6.20 Å². The van der Waals surface area contributed by atoms with Gasteiger partial charge < -0.3 is 10.0 Å². The maximum Gasteiger partial charge on any atom is 0.358 e. The molecule has 1 saturated heterocycles. The van der Waals surface area contributed by atoms with Gasteiger partial charge >= 0.3 is 5.97 Å². The van der Waals surface area contributed by atoms with Gasteiger partial charge in [0.25, 0.3) is 0 Å². The zero-order chi connectivity index (χ0) is 17.4. The standard InChI is InChI=1S/C18H26N4O3/c23-17(21-7-6-13(10-21)12-4-2-1-3-5-12)14-8-15(9-14)22-11-16(18(24)25)19-20-22/h11-15H,1-10H2,(H,24,25). The minimum Gasteiger partial charge on any atom is -0.476 e. The van der Waals surface area contributed by atoms with E-state index in [1.807, 2.05) is 0 Å². The van der Waals surface area contributed by atoms with Gasteiger partial charge in [0, 0.05) is 19.0 Å². The van der Waals surface area contributed by atoms with Crippen molar-refractivity contribution in [3.05, 3.63) is 11.9 Å². The average Bonchev–Trinajstić information content (AvgIpc) is 3.24. The smallest absolute Gasteiger partial charge is 0.358 e. The number of carboxylic acids is 1. The predicted octanol–water partition coefficient (Wildman–Crippen LogP) is 2.36. The van der Waals surface area contributed by atoms with E-state index < -0.39 is 5.97 Å². The van der Waals surface area contributed by atoms with Gasteiger partial charge in [-0.15, -0.1) is 5.10 Å². The number of nitrogens with zero attached hydrogens (tertiary/aromatic N) is 4. The lowest BCUT2D eigenvalue weighted by molar-refractivity contribution is -0.138. The van der Waals surface area contributed by atoms with Crippen molar-refractivity contribution in [2.75, 3.05) is 13.1 Å². The van der Waals surface area contributed by atoms with Crippen molar-refractivity contribution in [1.82, 2.24) is 19.9 Å². The van der Waals surface area contributed by atoms with E-state index in [9.17, 15) is 9.59 Å². The molecule has 2 aliphatic carbocycles. The van der Waals surface area contributed by atoms with E-state index in [0.717, 1.165) is 38.3 Å². The third kappa shape index (κ3) is 3.28. The molecule has 0 spiro atoms. The summed E-state index contributed by atoms with van der Waals surface area (Å²) in [7, 11) is 0. The quantitative estimate of drug-likeness (QED) is 0.904. The second-order valence-corrected chi connectivity index (χ2v) is 7.94. The summed E-state index contributed by atoms with van der Waals surface area (Å²) in [6.07, 6.45) is 10.9. The molecule has 1 amide bonds. The maximum atomic E-state index is 12.7. The Morgan fingerprint density at radius 1 is 1.08 bits per heavy atom. The minimum atomic E-state index is -1.07. The lowest BCUT2D eigenvalue weighted by Gasteiger charge is -2.36. The minimum absolute atomic E-state index is 0.0374. The fraction of sp³-hybridized carbons (Fsp3) is 0.778. The largest absolute Gasteiger partial charge is 0.476 e. The van der Waals surface area contributed by atoms with E-state index in [1.54, 1.807) is 4.68 Å². The lowest BCUT2D eigenvalue weighted by Crippen LogP contribution is -2.42. The van der Waals surface area contributed by atoms with Crippen molar-refractivity contribution in [3.63, 3.8) is 0 Å². The third-order valence-electron chi connectivity index (χ3n) is 6.42. The van der Waals surface area contributed by atoms with Gasteiger partial charge in [-0.25, -0.2) is 9.48 Å². The number of rotatable bonds is 4. The summed E-state index contributed by atoms with van der Waals surface area (Å²) in [5, 5.41) is 16.4. The summed E-state index contributed by atoms with van der Waals surface area (Å²) in [4.78, 5) is 25.7. The van der Waals surface area contributed by atoms with Crippen molar-refractivity contribution in [2.24, 2.45) is 17.8 Å². The average molecular weight is 346 g/mol. The first-order valence-electron chi connectivity index (χ1n) is 9.55. The molecule has 1 aromatic heterocycles. The Labute approximate surface area is 147 Å². The van der Waals surface area contributed by atoms with Crippen LogP contribution in [0, 0.1) is 17.8 Å². The van der Waals surface area contributed by atoms with E-state index in [1.165, 1.54) is 38.3 Å². The van der Waals surface area contributed by atoms with Gasteiger partial charge in [-0.3, -0.25) is 4.79 Å². The molecule has 2 saturated carbocycles. The number of carbonyl (C=O) groups excluding carboxylic acids is 1. The Kier molecular flexibility index (Phi) is 4.48. The topological polar surface area (TPSA) is 88.3 Å². The van der Waals surface area contributed by atoms with Gasteiger partial charge in [-0.05, 0) is 31.1 Å². The Morgan fingerprint density at radius 2 is 1.84 bits per heavy atom. The van der Waals surface area contributed by atoms with Crippen LogP contribution in [0.25, 0.3) is 0 Å². The molecule has 0 bridgehead atoms. The normalized spacial score (nSPS) is 30.2. The summed E-state index contributed by atoms with van der Waals surface area (Å²) in [5.41, 5.74) is -0.0374. The van der Waals surface area contributed by atoms with Crippen LogP contribution < -0.4 is 0 Å². The fourth-order valence-corrected chi connectivity index (χ4v) is 4.79. The van der Waals surface area contributed by atoms with Crippen molar-refractivity contribution in [3.8, 4) is 0 Å². The number of hydrogen-bond acceptors (Lipinski definition) is 4. The zero-order valence-corrected chi connectivity index (χ0v) is 14.5. The Hall–Kier alpha value is -1.92. The van der Waals surface area contributed by atoms with Gasteiger partial charge in [-0.1, -0.05) is 37.3 Å². The van der Waals surface area contributed by atoms with E-state index >= 15 is 0 Å². The zero-order valence-electron chi connectivity index (χ0n) is 14.5. The molecular formula is C18H26N4O3. The molecule has 1 aromatic rings. The molecule has 0 radical (unpaired) electrons. The number of aromatic nitrogens is 3. The molecule has 1 N–H and O–H groups in total. The molecule has 3 fully saturated rings. The van der Waals surface area contributed by atoms with Crippen LogP contribution in [0.3, 0.4) is 0 Å². The van der Waals surface area contributed by atoms with Gasteiger partial charge in [0.05, 0.1) is 12.2 Å². The van der Waals surface area contributed by atoms with Gasteiger partial charge in [-0.2, -0.15) is 0 Å². The van der Waals surface area contributed by atoms with E-state index in [0.29, 0.717) is 5.92 Å². The first-order chi connectivity index (χ1) is 12.1. The summed E-state index contributed by atoms with van der Waals surface area (Å²) in [6, 6.07) is 0.103. The van der Waals surface area contributed by atoms with Gasteiger partial charge in [0.1, 0.15) is 0 Å². The highest BCUT2D eigenvalue weighted by atomic mass is 16.4. The second-order valence-electron chi connectivity index (χ2n) is 7.94. The fourth-order valence-electron chi connectivity index (χ4n) is 4.79. The molecule has 4 rings (SSSR count). The van der Waals surface area contributed by atoms with E-state index in [-0.39, 0.29) is 23.6 Å². The van der Waals surface area contributed by atoms with Crippen LogP contribution in [-0.4, -0.2) is 50.0 Å². The predicted molar refractivity (Wildman–Crippen MR) is 90.0 cm³/mol. The van der Waals surface area contributed by atoms with Gasteiger partial charge in [0.15, 0.2) is 5.69 Å². The first-order valence-corrected chi connectivity index (χ1v) is 9.55. The summed E-state index contributed by atoms with van der Waals surface area (Å²) in [5.74, 6) is 0.809. The van der Waals surface area contributed by atoms with Crippen LogP contribution in [0.4, 0.5) is 0 Å². The highest BCUT2D eigenvalue weighted by molar-refractivity contribution is 5.84. The number of carboxylic acid groups (broad SMARTS) is 1. The number of amides is 1. The van der Waals surface area contributed by atoms with Crippen molar-refractivity contribution >= 4 is 11.9 Å². The molecule has 1 atom stereocenters. The number of hydrogen-bond donors (Lipinski definition) is 1. The van der Waals surface area contributed by atoms with Crippen molar-refractivity contribution in [1.29, 1.82) is 0 Å². The SMILES string of the molecule is O=C(O)c1cn(C2CC(C(=O)N3CCC(C4CCCCC4)C3)C2)nn1. The maximum absolute atomic E-state index is 12.7. The molecule has 0 aromatic carbocycles. The molecule has 3 aliphatic rings. The summed E-state index contributed by atoms with van der Waals surface area (Å²) < 4.78 is 1.60. The lowest BCUT2D eigenvalue weighted by atomic mass is 9.79. The Balaban J connectivity index is 1.27. The Morgan fingerprint density at radius 3 is 2.52 bits per heavy atom. The highest BCUT2D eigenvalue weighted by Crippen LogP contribution is 2.40.